The number of carbonyl (C=O) groups excluding carboxylic acids is 1. The number of benzene rings is 2. The molecule has 0 fully saturated rings. The first kappa shape index (κ1) is 20.2. The molecule has 0 saturated carbocycles. The van der Waals surface area contributed by atoms with Crippen molar-refractivity contribution in [2.45, 2.75) is 12.5 Å². The Morgan fingerprint density at radius 2 is 2.09 bits per heavy atom. The SMILES string of the molecule is COc1ccc2[nH]cc(CCN3C(=O)c4n[nH]c(-c5ccco5)c4[C@@H]3c3cccc(O)c3)c2c1. The van der Waals surface area contributed by atoms with Crippen molar-refractivity contribution in [3.8, 4) is 23.0 Å². The Bertz CT molecular complexity index is 1500. The number of hydrogen-bond acceptors (Lipinski definition) is 5. The van der Waals surface area contributed by atoms with Gasteiger partial charge in [0.1, 0.15) is 17.2 Å². The maximum Gasteiger partial charge on any atom is 0.275 e. The molecule has 170 valence electrons. The molecule has 3 aromatic heterocycles. The first-order valence-corrected chi connectivity index (χ1v) is 11.0. The summed E-state index contributed by atoms with van der Waals surface area (Å²) in [5.74, 6) is 1.38. The van der Waals surface area contributed by atoms with E-state index in [2.05, 4.69) is 15.2 Å². The van der Waals surface area contributed by atoms with Crippen molar-refractivity contribution >= 4 is 16.8 Å². The number of H-pyrrole nitrogens is 2. The van der Waals surface area contributed by atoms with Crippen LogP contribution in [0.1, 0.15) is 33.2 Å². The predicted molar refractivity (Wildman–Crippen MR) is 126 cm³/mol. The topological polar surface area (TPSA) is 107 Å². The zero-order valence-corrected chi connectivity index (χ0v) is 18.4. The average molecular weight is 454 g/mol. The van der Waals surface area contributed by atoms with E-state index in [0.29, 0.717) is 30.1 Å². The van der Waals surface area contributed by atoms with E-state index in [4.69, 9.17) is 9.15 Å². The Hall–Kier alpha value is -4.46. The molecule has 3 N–H and O–H groups in total. The van der Waals surface area contributed by atoms with Gasteiger partial charge in [0.15, 0.2) is 11.5 Å². The van der Waals surface area contributed by atoms with Gasteiger partial charge in [-0.15, -0.1) is 0 Å². The highest BCUT2D eigenvalue weighted by molar-refractivity contribution is 6.00. The summed E-state index contributed by atoms with van der Waals surface area (Å²) in [5, 5.41) is 18.5. The summed E-state index contributed by atoms with van der Waals surface area (Å²) in [4.78, 5) is 18.6. The molecule has 0 aliphatic carbocycles. The number of aromatic amines is 2. The first-order valence-electron chi connectivity index (χ1n) is 11.0. The zero-order chi connectivity index (χ0) is 23.2. The molecule has 0 saturated heterocycles. The molecule has 8 heteroatoms. The summed E-state index contributed by atoms with van der Waals surface area (Å²) >= 11 is 0. The maximum absolute atomic E-state index is 13.5. The van der Waals surface area contributed by atoms with Crippen LogP contribution in [-0.4, -0.2) is 44.7 Å². The van der Waals surface area contributed by atoms with Crippen LogP contribution in [0.4, 0.5) is 0 Å². The van der Waals surface area contributed by atoms with Crippen molar-refractivity contribution < 1.29 is 19.1 Å². The Balaban J connectivity index is 1.39. The van der Waals surface area contributed by atoms with Gasteiger partial charge in [-0.05, 0) is 60.0 Å². The number of phenols is 1. The number of aromatic nitrogens is 3. The summed E-state index contributed by atoms with van der Waals surface area (Å²) in [6.45, 7) is 0.470. The lowest BCUT2D eigenvalue weighted by molar-refractivity contribution is 0.0745. The standard InChI is InChI=1S/C26H22N4O4/c1-33-18-7-8-20-19(13-18)16(14-27-20)9-10-30-25(15-4-2-5-17(31)12-15)22-23(21-6-3-11-34-21)28-29-24(22)26(30)32/h2-8,11-14,25,27,31H,9-10H2,1H3,(H,28,29)/t25-/m0/s1. The molecule has 34 heavy (non-hydrogen) atoms. The van der Waals surface area contributed by atoms with Crippen molar-refractivity contribution in [1.29, 1.82) is 0 Å². The number of methoxy groups -OCH3 is 1. The summed E-state index contributed by atoms with van der Waals surface area (Å²) in [5.41, 5.74) is 4.71. The number of nitrogens with one attached hydrogen (secondary N) is 2. The molecule has 4 heterocycles. The number of furan rings is 1. The van der Waals surface area contributed by atoms with E-state index in [0.717, 1.165) is 33.3 Å². The molecular weight excluding hydrogens is 432 g/mol. The largest absolute Gasteiger partial charge is 0.508 e. The van der Waals surface area contributed by atoms with Crippen LogP contribution in [0.15, 0.2) is 71.5 Å². The molecule has 1 atom stereocenters. The second-order valence-corrected chi connectivity index (χ2v) is 8.31. The van der Waals surface area contributed by atoms with Gasteiger partial charge in [0.05, 0.1) is 19.4 Å². The summed E-state index contributed by atoms with van der Waals surface area (Å²) in [6.07, 6.45) is 4.20. The number of phenolic OH excluding ortho intramolecular Hbond substituents is 1. The Labute approximate surface area is 194 Å². The van der Waals surface area contributed by atoms with Crippen LogP contribution in [0.5, 0.6) is 11.5 Å². The number of rotatable bonds is 6. The van der Waals surface area contributed by atoms with Crippen LogP contribution in [-0.2, 0) is 6.42 Å². The molecule has 0 radical (unpaired) electrons. The van der Waals surface area contributed by atoms with Crippen molar-refractivity contribution in [2.75, 3.05) is 13.7 Å². The number of amides is 1. The van der Waals surface area contributed by atoms with Gasteiger partial charge in [0.25, 0.3) is 5.91 Å². The smallest absolute Gasteiger partial charge is 0.275 e. The van der Waals surface area contributed by atoms with E-state index >= 15 is 0 Å². The number of ether oxygens (including phenoxy) is 1. The zero-order valence-electron chi connectivity index (χ0n) is 18.4. The highest BCUT2D eigenvalue weighted by Crippen LogP contribution is 2.43. The minimum absolute atomic E-state index is 0.144. The molecule has 6 rings (SSSR count). The Kier molecular flexibility index (Phi) is 4.65. The summed E-state index contributed by atoms with van der Waals surface area (Å²) < 4.78 is 11.0. The minimum Gasteiger partial charge on any atom is -0.508 e. The third kappa shape index (κ3) is 3.14. The lowest BCUT2D eigenvalue weighted by Gasteiger charge is -2.26. The van der Waals surface area contributed by atoms with E-state index in [9.17, 15) is 9.90 Å². The molecule has 1 amide bonds. The lowest BCUT2D eigenvalue weighted by atomic mass is 9.97. The van der Waals surface area contributed by atoms with Gasteiger partial charge in [-0.25, -0.2) is 0 Å². The van der Waals surface area contributed by atoms with E-state index < -0.39 is 6.04 Å². The third-order valence-corrected chi connectivity index (χ3v) is 6.40. The van der Waals surface area contributed by atoms with Crippen LogP contribution in [0.3, 0.4) is 0 Å². The fourth-order valence-corrected chi connectivity index (χ4v) is 4.80. The molecule has 0 bridgehead atoms. The van der Waals surface area contributed by atoms with E-state index in [-0.39, 0.29) is 11.7 Å². The van der Waals surface area contributed by atoms with Gasteiger partial charge >= 0.3 is 0 Å². The number of hydrogen-bond donors (Lipinski definition) is 3. The van der Waals surface area contributed by atoms with Gasteiger partial charge < -0.3 is 24.1 Å². The van der Waals surface area contributed by atoms with Crippen molar-refractivity contribution in [2.24, 2.45) is 0 Å². The molecule has 0 unspecified atom stereocenters. The molecule has 0 spiro atoms. The second kappa shape index (κ2) is 7.84. The van der Waals surface area contributed by atoms with Gasteiger partial charge in [-0.3, -0.25) is 9.89 Å². The highest BCUT2D eigenvalue weighted by Gasteiger charge is 2.42. The van der Waals surface area contributed by atoms with Gasteiger partial charge in [-0.2, -0.15) is 5.10 Å². The average Bonchev–Trinajstić information content (AvgIpc) is 3.63. The molecule has 1 aliphatic rings. The predicted octanol–water partition coefficient (Wildman–Crippen LogP) is 4.65. The number of nitrogens with zero attached hydrogens (tertiary/aromatic N) is 2. The van der Waals surface area contributed by atoms with Gasteiger partial charge in [0.2, 0.25) is 0 Å². The summed E-state index contributed by atoms with van der Waals surface area (Å²) in [6, 6.07) is 16.1. The van der Waals surface area contributed by atoms with Gasteiger partial charge in [0, 0.05) is 29.2 Å². The first-order chi connectivity index (χ1) is 16.6. The van der Waals surface area contributed by atoms with Crippen LogP contribution in [0.25, 0.3) is 22.4 Å². The Morgan fingerprint density at radius 1 is 1.18 bits per heavy atom. The molecule has 8 nitrogen and oxygen atoms in total. The van der Waals surface area contributed by atoms with Crippen molar-refractivity contribution in [3.05, 3.63) is 89.4 Å². The van der Waals surface area contributed by atoms with Crippen LogP contribution in [0, 0.1) is 0 Å². The van der Waals surface area contributed by atoms with Gasteiger partial charge in [-0.1, -0.05) is 12.1 Å². The fourth-order valence-electron chi connectivity index (χ4n) is 4.80. The number of fused-ring (bicyclic) bond motifs is 2. The quantitative estimate of drug-likeness (QED) is 0.346. The van der Waals surface area contributed by atoms with E-state index in [1.807, 2.05) is 41.4 Å². The third-order valence-electron chi connectivity index (χ3n) is 6.40. The second-order valence-electron chi connectivity index (χ2n) is 8.31. The normalized spacial score (nSPS) is 15.3. The van der Waals surface area contributed by atoms with Crippen LogP contribution >= 0.6 is 0 Å². The highest BCUT2D eigenvalue weighted by atomic mass is 16.5. The summed E-state index contributed by atoms with van der Waals surface area (Å²) in [7, 11) is 1.65. The molecule has 1 aliphatic heterocycles. The van der Waals surface area contributed by atoms with E-state index in [1.54, 1.807) is 37.6 Å². The number of aromatic hydroxyl groups is 1. The minimum atomic E-state index is -0.409. The molecule has 5 aromatic rings. The fraction of sp³-hybridized carbons (Fsp3) is 0.154. The van der Waals surface area contributed by atoms with Crippen molar-refractivity contribution in [3.63, 3.8) is 0 Å². The van der Waals surface area contributed by atoms with Crippen LogP contribution < -0.4 is 4.74 Å². The van der Waals surface area contributed by atoms with E-state index in [1.165, 1.54) is 0 Å². The number of carbonyl (C=O) groups is 1. The van der Waals surface area contributed by atoms with Crippen LogP contribution in [0.2, 0.25) is 0 Å². The maximum atomic E-state index is 13.5. The molecule has 2 aromatic carbocycles. The monoisotopic (exact) mass is 454 g/mol. The molecular formula is C26H22N4O4. The van der Waals surface area contributed by atoms with Crippen molar-refractivity contribution in [1.82, 2.24) is 20.1 Å². The Morgan fingerprint density at radius 3 is 2.88 bits per heavy atom. The lowest BCUT2D eigenvalue weighted by Crippen LogP contribution is -2.31.